The summed E-state index contributed by atoms with van der Waals surface area (Å²) in [4.78, 5) is 25.3. The molecule has 5 nitrogen and oxygen atoms in total. The number of hydrogen-bond acceptors (Lipinski definition) is 3. The highest BCUT2D eigenvalue weighted by atomic mass is 19.1. The molecule has 21 heavy (non-hydrogen) atoms. The van der Waals surface area contributed by atoms with E-state index in [-0.39, 0.29) is 23.7 Å². The molecule has 1 fully saturated rings. The highest BCUT2D eigenvalue weighted by molar-refractivity contribution is 5.86. The first-order chi connectivity index (χ1) is 9.99. The molecule has 2 amide bonds. The molecule has 2 rings (SSSR count). The van der Waals surface area contributed by atoms with Crippen LogP contribution in [0.1, 0.15) is 25.5 Å². The minimum absolute atomic E-state index is 0.152. The summed E-state index contributed by atoms with van der Waals surface area (Å²) in [6.07, 6.45) is 0. The highest BCUT2D eigenvalue weighted by Gasteiger charge is 2.30. The third kappa shape index (κ3) is 3.78. The van der Waals surface area contributed by atoms with Crippen molar-refractivity contribution in [2.75, 3.05) is 19.6 Å². The third-order valence-electron chi connectivity index (χ3n) is 3.55. The van der Waals surface area contributed by atoms with Gasteiger partial charge in [0, 0.05) is 26.6 Å². The summed E-state index contributed by atoms with van der Waals surface area (Å²) in [5, 5.41) is 5.81. The summed E-state index contributed by atoms with van der Waals surface area (Å²) in [6.45, 7) is 4.83. The average Bonchev–Trinajstić information content (AvgIpc) is 2.45. The third-order valence-corrected chi connectivity index (χ3v) is 3.55. The second kappa shape index (κ2) is 6.67. The molecule has 0 radical (unpaired) electrons. The standard InChI is InChI=1S/C15H20FN3O2/c1-10(18-11(2)20)15(21)19-7-6-17-9-14(19)12-4-3-5-13(16)8-12/h3-5,8,10,14,17H,6-7,9H2,1-2H3,(H,18,20). The quantitative estimate of drug-likeness (QED) is 0.867. The van der Waals surface area contributed by atoms with Gasteiger partial charge in [-0.1, -0.05) is 12.1 Å². The first-order valence-electron chi connectivity index (χ1n) is 7.03. The fourth-order valence-corrected chi connectivity index (χ4v) is 2.60. The number of amides is 2. The van der Waals surface area contributed by atoms with Crippen molar-refractivity contribution in [2.24, 2.45) is 0 Å². The second-order valence-electron chi connectivity index (χ2n) is 5.23. The van der Waals surface area contributed by atoms with Crippen molar-refractivity contribution < 1.29 is 14.0 Å². The van der Waals surface area contributed by atoms with E-state index in [9.17, 15) is 14.0 Å². The Kier molecular flexibility index (Phi) is 4.90. The van der Waals surface area contributed by atoms with Crippen LogP contribution >= 0.6 is 0 Å². The van der Waals surface area contributed by atoms with Gasteiger partial charge in [0.25, 0.3) is 0 Å². The lowest BCUT2D eigenvalue weighted by atomic mass is 10.0. The number of piperazine rings is 1. The molecule has 2 N–H and O–H groups in total. The molecule has 0 bridgehead atoms. The van der Waals surface area contributed by atoms with Crippen molar-refractivity contribution in [1.29, 1.82) is 0 Å². The predicted molar refractivity (Wildman–Crippen MR) is 77.0 cm³/mol. The molecule has 1 saturated heterocycles. The van der Waals surface area contributed by atoms with E-state index in [1.54, 1.807) is 17.9 Å². The van der Waals surface area contributed by atoms with Crippen molar-refractivity contribution in [3.8, 4) is 0 Å². The van der Waals surface area contributed by atoms with Crippen molar-refractivity contribution in [1.82, 2.24) is 15.5 Å². The van der Waals surface area contributed by atoms with Gasteiger partial charge in [-0.25, -0.2) is 4.39 Å². The van der Waals surface area contributed by atoms with Crippen LogP contribution in [0.3, 0.4) is 0 Å². The number of benzene rings is 1. The average molecular weight is 293 g/mol. The molecule has 2 atom stereocenters. The minimum Gasteiger partial charge on any atom is -0.345 e. The zero-order valence-electron chi connectivity index (χ0n) is 12.2. The van der Waals surface area contributed by atoms with Gasteiger partial charge in [0.2, 0.25) is 11.8 Å². The van der Waals surface area contributed by atoms with Gasteiger partial charge in [0.1, 0.15) is 11.9 Å². The van der Waals surface area contributed by atoms with E-state index >= 15 is 0 Å². The van der Waals surface area contributed by atoms with E-state index < -0.39 is 6.04 Å². The minimum atomic E-state index is -0.586. The fourth-order valence-electron chi connectivity index (χ4n) is 2.60. The molecular weight excluding hydrogens is 273 g/mol. The molecule has 1 aliphatic rings. The van der Waals surface area contributed by atoms with Crippen LogP contribution < -0.4 is 10.6 Å². The van der Waals surface area contributed by atoms with E-state index in [2.05, 4.69) is 10.6 Å². The molecule has 2 unspecified atom stereocenters. The van der Waals surface area contributed by atoms with Crippen LogP contribution in [0.15, 0.2) is 24.3 Å². The lowest BCUT2D eigenvalue weighted by Gasteiger charge is -2.38. The Bertz CT molecular complexity index is 535. The van der Waals surface area contributed by atoms with Crippen LogP contribution in [0.5, 0.6) is 0 Å². The van der Waals surface area contributed by atoms with Gasteiger partial charge in [-0.3, -0.25) is 9.59 Å². The largest absolute Gasteiger partial charge is 0.345 e. The number of nitrogens with zero attached hydrogens (tertiary/aromatic N) is 1. The summed E-state index contributed by atoms with van der Waals surface area (Å²) >= 11 is 0. The van der Waals surface area contributed by atoms with Gasteiger partial charge in [0.05, 0.1) is 6.04 Å². The van der Waals surface area contributed by atoms with E-state index in [1.165, 1.54) is 19.1 Å². The van der Waals surface area contributed by atoms with Crippen LogP contribution in [-0.4, -0.2) is 42.4 Å². The van der Waals surface area contributed by atoms with Gasteiger partial charge in [-0.05, 0) is 24.6 Å². The summed E-state index contributed by atoms with van der Waals surface area (Å²) in [5.41, 5.74) is 0.755. The Morgan fingerprint density at radius 3 is 2.90 bits per heavy atom. The molecule has 1 aliphatic heterocycles. The maximum Gasteiger partial charge on any atom is 0.245 e. The molecule has 1 heterocycles. The maximum absolute atomic E-state index is 13.4. The molecule has 0 aromatic heterocycles. The van der Waals surface area contributed by atoms with Crippen molar-refractivity contribution in [2.45, 2.75) is 25.9 Å². The molecule has 0 saturated carbocycles. The Hall–Kier alpha value is -1.95. The summed E-state index contributed by atoms with van der Waals surface area (Å²) in [5.74, 6) is -0.713. The highest BCUT2D eigenvalue weighted by Crippen LogP contribution is 2.23. The summed E-state index contributed by atoms with van der Waals surface area (Å²) < 4.78 is 13.4. The van der Waals surface area contributed by atoms with Gasteiger partial charge in [0.15, 0.2) is 0 Å². The lowest BCUT2D eigenvalue weighted by molar-refractivity contribution is -0.138. The maximum atomic E-state index is 13.4. The lowest BCUT2D eigenvalue weighted by Crippen LogP contribution is -2.54. The number of rotatable bonds is 3. The van der Waals surface area contributed by atoms with Crippen LogP contribution in [0.2, 0.25) is 0 Å². The number of halogens is 1. The van der Waals surface area contributed by atoms with E-state index in [0.717, 1.165) is 5.56 Å². The van der Waals surface area contributed by atoms with Crippen molar-refractivity contribution >= 4 is 11.8 Å². The Balaban J connectivity index is 2.19. The molecular formula is C15H20FN3O2. The van der Waals surface area contributed by atoms with Gasteiger partial charge >= 0.3 is 0 Å². The number of carbonyl (C=O) groups is 2. The summed E-state index contributed by atoms with van der Waals surface area (Å²) in [7, 11) is 0. The first-order valence-corrected chi connectivity index (χ1v) is 7.03. The molecule has 0 spiro atoms. The zero-order chi connectivity index (χ0) is 15.4. The topological polar surface area (TPSA) is 61.4 Å². The van der Waals surface area contributed by atoms with Gasteiger partial charge in [-0.15, -0.1) is 0 Å². The Labute approximate surface area is 123 Å². The predicted octanol–water partition coefficient (Wildman–Crippen LogP) is 0.823. The second-order valence-corrected chi connectivity index (χ2v) is 5.23. The molecule has 114 valence electrons. The molecule has 1 aromatic carbocycles. The Morgan fingerprint density at radius 1 is 1.48 bits per heavy atom. The zero-order valence-corrected chi connectivity index (χ0v) is 12.2. The van der Waals surface area contributed by atoms with Crippen LogP contribution in [0.25, 0.3) is 0 Å². The molecule has 6 heteroatoms. The Morgan fingerprint density at radius 2 is 2.24 bits per heavy atom. The van der Waals surface area contributed by atoms with E-state index in [1.807, 2.05) is 6.07 Å². The van der Waals surface area contributed by atoms with Crippen LogP contribution in [-0.2, 0) is 9.59 Å². The van der Waals surface area contributed by atoms with E-state index in [4.69, 9.17) is 0 Å². The van der Waals surface area contributed by atoms with Crippen molar-refractivity contribution in [3.63, 3.8) is 0 Å². The van der Waals surface area contributed by atoms with Gasteiger partial charge < -0.3 is 15.5 Å². The summed E-state index contributed by atoms with van der Waals surface area (Å²) in [6, 6.07) is 5.46. The number of carbonyl (C=O) groups excluding carboxylic acids is 2. The molecule has 0 aliphatic carbocycles. The first kappa shape index (κ1) is 15.4. The molecule has 1 aromatic rings. The van der Waals surface area contributed by atoms with Gasteiger partial charge in [-0.2, -0.15) is 0 Å². The normalized spacial score (nSPS) is 20.0. The monoisotopic (exact) mass is 293 g/mol. The smallest absolute Gasteiger partial charge is 0.245 e. The van der Waals surface area contributed by atoms with E-state index in [0.29, 0.717) is 19.6 Å². The fraction of sp³-hybridized carbons (Fsp3) is 0.467. The number of nitrogens with one attached hydrogen (secondary N) is 2. The SMILES string of the molecule is CC(=O)NC(C)C(=O)N1CCNCC1c1cccc(F)c1. The van der Waals surface area contributed by atoms with Crippen LogP contribution in [0, 0.1) is 5.82 Å². The van der Waals surface area contributed by atoms with Crippen LogP contribution in [0.4, 0.5) is 4.39 Å². The number of hydrogen-bond donors (Lipinski definition) is 2. The van der Waals surface area contributed by atoms with Crippen molar-refractivity contribution in [3.05, 3.63) is 35.6 Å².